The average Bonchev–Trinajstić information content (AvgIpc) is 2.28. The van der Waals surface area contributed by atoms with Crippen LogP contribution in [0.3, 0.4) is 0 Å². The van der Waals surface area contributed by atoms with E-state index in [1.54, 1.807) is 0 Å². The fourth-order valence-corrected chi connectivity index (χ4v) is 6.94. The summed E-state index contributed by atoms with van der Waals surface area (Å²) >= 11 is -2.82. The number of hydrogen-bond donors (Lipinski definition) is 0. The van der Waals surface area contributed by atoms with Crippen molar-refractivity contribution < 1.29 is 36.7 Å². The molecule has 96 valence electrons. The summed E-state index contributed by atoms with van der Waals surface area (Å²) < 4.78 is 17.8. The molecule has 0 aromatic rings. The van der Waals surface area contributed by atoms with Gasteiger partial charge in [-0.05, 0) is 0 Å². The maximum atomic E-state index is 5.92. The normalized spacial score (nSPS) is 16.9. The summed E-state index contributed by atoms with van der Waals surface area (Å²) in [5.41, 5.74) is 0. The third-order valence-corrected chi connectivity index (χ3v) is 9.23. The molecule has 0 saturated carbocycles. The van der Waals surface area contributed by atoms with Crippen molar-refractivity contribution in [1.29, 1.82) is 0 Å². The van der Waals surface area contributed by atoms with Crippen LogP contribution in [0.4, 0.5) is 0 Å². The van der Waals surface area contributed by atoms with Gasteiger partial charge in [0.15, 0.2) is 0 Å². The molecule has 0 bridgehead atoms. The minimum absolute atomic E-state index is 0.264. The molecule has 0 aliphatic heterocycles. The fraction of sp³-hybridized carbons (Fsp3) is 1.00. The number of rotatable bonds is 9. The van der Waals surface area contributed by atoms with Crippen LogP contribution in [-0.2, 0) is 5.11 Å². The third-order valence-electron chi connectivity index (χ3n) is 2.76. The van der Waals surface area contributed by atoms with Gasteiger partial charge < -0.3 is 0 Å². The average molecular weight is 358 g/mol. The molecule has 0 aromatic heterocycles. The Morgan fingerprint density at radius 2 is 0.938 bits per heavy atom. The van der Waals surface area contributed by atoms with E-state index in [1.807, 2.05) is 0 Å². The van der Waals surface area contributed by atoms with Gasteiger partial charge >= 0.3 is 116 Å². The first-order chi connectivity index (χ1) is 7.53. The van der Waals surface area contributed by atoms with Crippen molar-refractivity contribution in [1.82, 2.24) is 0 Å². The molecule has 3 unspecified atom stereocenters. The Balaban J connectivity index is 4.15. The predicted molar refractivity (Wildman–Crippen MR) is 62.5 cm³/mol. The molecule has 0 spiro atoms. The Kier molecular flexibility index (Phi) is 10.7. The van der Waals surface area contributed by atoms with E-state index in [4.69, 9.17) is 5.11 Å². The molecular weight excluding hydrogens is 331 g/mol. The Hall–Kier alpha value is 1.07. The standard InChI is InChI=1S/3C4H9O.La/c3*1-3-4(2)5;/h3*4H,3H2,1-2H3;/q3*-1;+3. The second kappa shape index (κ2) is 10.0. The van der Waals surface area contributed by atoms with Gasteiger partial charge in [0.2, 0.25) is 0 Å². The van der Waals surface area contributed by atoms with E-state index < -0.39 is 31.6 Å². The zero-order valence-corrected chi connectivity index (χ0v) is 15.3. The quantitative estimate of drug-likeness (QED) is 0.628. The van der Waals surface area contributed by atoms with E-state index in [1.165, 1.54) is 0 Å². The fourth-order valence-electron chi connectivity index (χ4n) is 0.954. The SMILES string of the molecule is CCC(C)[O][La]([O]C(C)CC)[O]C(C)CC. The van der Waals surface area contributed by atoms with Crippen molar-refractivity contribution in [2.24, 2.45) is 0 Å². The van der Waals surface area contributed by atoms with Crippen LogP contribution in [0.1, 0.15) is 60.8 Å². The minimum atomic E-state index is -2.82. The van der Waals surface area contributed by atoms with Gasteiger partial charge in [0.05, 0.1) is 0 Å². The summed E-state index contributed by atoms with van der Waals surface area (Å²) in [6, 6.07) is 0. The second-order valence-electron chi connectivity index (χ2n) is 4.35. The first kappa shape index (κ1) is 17.1. The number of hydrogen-bond acceptors (Lipinski definition) is 3. The molecule has 0 radical (unpaired) electrons. The topological polar surface area (TPSA) is 27.7 Å². The summed E-state index contributed by atoms with van der Waals surface area (Å²) in [6.45, 7) is 12.7. The molecular formula is C12H27LaO3. The first-order valence-electron chi connectivity index (χ1n) is 6.49. The molecule has 3 nitrogen and oxygen atoms in total. The maximum absolute atomic E-state index is 5.92. The van der Waals surface area contributed by atoms with Crippen LogP contribution in [0, 0.1) is 31.6 Å². The van der Waals surface area contributed by atoms with Crippen molar-refractivity contribution in [3.05, 3.63) is 0 Å². The van der Waals surface area contributed by atoms with Gasteiger partial charge in [0.1, 0.15) is 0 Å². The van der Waals surface area contributed by atoms with E-state index in [0.29, 0.717) is 0 Å². The molecule has 16 heavy (non-hydrogen) atoms. The molecule has 0 heterocycles. The van der Waals surface area contributed by atoms with Gasteiger partial charge in [0.25, 0.3) is 0 Å². The van der Waals surface area contributed by atoms with E-state index in [-0.39, 0.29) is 18.3 Å². The summed E-state index contributed by atoms with van der Waals surface area (Å²) in [5, 5.41) is 0. The molecule has 0 aliphatic carbocycles. The molecule has 0 N–H and O–H groups in total. The summed E-state index contributed by atoms with van der Waals surface area (Å²) in [5.74, 6) is 0. The zero-order valence-electron chi connectivity index (χ0n) is 11.7. The van der Waals surface area contributed by atoms with Crippen LogP contribution in [0.2, 0.25) is 0 Å². The van der Waals surface area contributed by atoms with Crippen LogP contribution in [0.25, 0.3) is 0 Å². The van der Waals surface area contributed by atoms with Crippen LogP contribution < -0.4 is 0 Å². The van der Waals surface area contributed by atoms with Crippen LogP contribution in [-0.4, -0.2) is 18.3 Å². The molecule has 0 aromatic carbocycles. The second-order valence-corrected chi connectivity index (χ2v) is 8.73. The van der Waals surface area contributed by atoms with Gasteiger partial charge in [0, 0.05) is 0 Å². The molecule has 0 rings (SSSR count). The van der Waals surface area contributed by atoms with E-state index in [0.717, 1.165) is 19.3 Å². The molecule has 0 aliphatic rings. The molecule has 0 fully saturated rings. The van der Waals surface area contributed by atoms with Crippen molar-refractivity contribution in [3.8, 4) is 0 Å². The third kappa shape index (κ3) is 8.21. The Morgan fingerprint density at radius 3 is 1.12 bits per heavy atom. The van der Waals surface area contributed by atoms with E-state index >= 15 is 0 Å². The van der Waals surface area contributed by atoms with Crippen molar-refractivity contribution >= 4 is 0 Å². The Bertz CT molecular complexity index is 138. The molecule has 3 atom stereocenters. The van der Waals surface area contributed by atoms with Crippen molar-refractivity contribution in [2.45, 2.75) is 79.1 Å². The molecule has 0 saturated heterocycles. The van der Waals surface area contributed by atoms with Crippen LogP contribution >= 0.6 is 0 Å². The van der Waals surface area contributed by atoms with Crippen LogP contribution in [0.15, 0.2) is 0 Å². The predicted octanol–water partition coefficient (Wildman–Crippen LogP) is 3.80. The first-order valence-corrected chi connectivity index (χ1v) is 10.9. The van der Waals surface area contributed by atoms with E-state index in [2.05, 4.69) is 41.5 Å². The zero-order chi connectivity index (χ0) is 12.6. The van der Waals surface area contributed by atoms with Gasteiger partial charge in [-0.25, -0.2) is 0 Å². The van der Waals surface area contributed by atoms with Crippen molar-refractivity contribution in [2.75, 3.05) is 0 Å². The Labute approximate surface area is 115 Å². The monoisotopic (exact) mass is 358 g/mol. The van der Waals surface area contributed by atoms with Crippen LogP contribution in [0.5, 0.6) is 0 Å². The molecule has 4 heteroatoms. The van der Waals surface area contributed by atoms with Gasteiger partial charge in [-0.3, -0.25) is 0 Å². The van der Waals surface area contributed by atoms with Gasteiger partial charge in [-0.2, -0.15) is 0 Å². The molecule has 0 amide bonds. The summed E-state index contributed by atoms with van der Waals surface area (Å²) in [6.07, 6.45) is 3.85. The van der Waals surface area contributed by atoms with Crippen molar-refractivity contribution in [3.63, 3.8) is 0 Å². The summed E-state index contributed by atoms with van der Waals surface area (Å²) in [4.78, 5) is 0. The van der Waals surface area contributed by atoms with Gasteiger partial charge in [-0.15, -0.1) is 0 Å². The van der Waals surface area contributed by atoms with Gasteiger partial charge in [-0.1, -0.05) is 0 Å². The Morgan fingerprint density at radius 1 is 0.688 bits per heavy atom. The summed E-state index contributed by atoms with van der Waals surface area (Å²) in [7, 11) is 0. The van der Waals surface area contributed by atoms with E-state index in [9.17, 15) is 0 Å².